The molecular formula is C26H26N2O4S. The van der Waals surface area contributed by atoms with Crippen LogP contribution >= 0.6 is 12.2 Å². The van der Waals surface area contributed by atoms with Gasteiger partial charge in [-0.15, -0.1) is 0 Å². The van der Waals surface area contributed by atoms with E-state index in [-0.39, 0.29) is 11.7 Å². The molecule has 2 atom stereocenters. The van der Waals surface area contributed by atoms with Crippen LogP contribution in [0.25, 0.3) is 0 Å². The summed E-state index contributed by atoms with van der Waals surface area (Å²) in [6.07, 6.45) is 2.17. The molecule has 2 aromatic rings. The van der Waals surface area contributed by atoms with Crippen molar-refractivity contribution in [1.82, 2.24) is 9.80 Å². The van der Waals surface area contributed by atoms with E-state index >= 15 is 0 Å². The molecule has 7 heteroatoms. The molecule has 0 unspecified atom stereocenters. The van der Waals surface area contributed by atoms with Crippen molar-refractivity contribution in [2.45, 2.75) is 25.2 Å². The molecule has 0 bridgehead atoms. The van der Waals surface area contributed by atoms with Crippen molar-refractivity contribution in [2.75, 3.05) is 20.7 Å². The van der Waals surface area contributed by atoms with Gasteiger partial charge in [-0.05, 0) is 36.7 Å². The molecule has 2 aromatic carbocycles. The summed E-state index contributed by atoms with van der Waals surface area (Å²) in [5.74, 6) is -2.66. The number of nitrogens with zero attached hydrogens (tertiary/aromatic N) is 2. The quantitative estimate of drug-likeness (QED) is 0.394. The predicted molar refractivity (Wildman–Crippen MR) is 128 cm³/mol. The van der Waals surface area contributed by atoms with E-state index in [4.69, 9.17) is 17.0 Å². The summed E-state index contributed by atoms with van der Waals surface area (Å²) in [5, 5.41) is 0.140. The third-order valence-corrected chi connectivity index (χ3v) is 7.17. The zero-order valence-corrected chi connectivity index (χ0v) is 19.7. The maximum Gasteiger partial charge on any atom is 0.334 e. The van der Waals surface area contributed by atoms with Gasteiger partial charge in [0.25, 0.3) is 0 Å². The van der Waals surface area contributed by atoms with Crippen LogP contribution < -0.4 is 0 Å². The molecule has 4 rings (SSSR count). The number of benzene rings is 2. The monoisotopic (exact) mass is 462 g/mol. The molecule has 1 aliphatic carbocycles. The van der Waals surface area contributed by atoms with Gasteiger partial charge in [-0.25, -0.2) is 4.79 Å². The van der Waals surface area contributed by atoms with Crippen LogP contribution in [0.4, 0.5) is 0 Å². The van der Waals surface area contributed by atoms with E-state index in [1.54, 1.807) is 21.0 Å². The fourth-order valence-corrected chi connectivity index (χ4v) is 5.34. The third kappa shape index (κ3) is 3.47. The zero-order chi connectivity index (χ0) is 23.8. The van der Waals surface area contributed by atoms with E-state index in [9.17, 15) is 14.4 Å². The molecule has 0 N–H and O–H groups in total. The molecule has 170 valence electrons. The van der Waals surface area contributed by atoms with Crippen LogP contribution in [0, 0.1) is 5.41 Å². The van der Waals surface area contributed by atoms with Gasteiger partial charge in [0.05, 0.1) is 6.61 Å². The van der Waals surface area contributed by atoms with Gasteiger partial charge >= 0.3 is 5.97 Å². The molecule has 0 radical (unpaired) electrons. The number of rotatable bonds is 4. The lowest BCUT2D eigenvalue weighted by Gasteiger charge is -2.52. The lowest BCUT2D eigenvalue weighted by atomic mass is 9.54. The number of allylic oxidation sites excluding steroid dienone is 1. The zero-order valence-electron chi connectivity index (χ0n) is 18.9. The first-order valence-corrected chi connectivity index (χ1v) is 11.3. The number of hydrogen-bond acceptors (Lipinski definition) is 5. The van der Waals surface area contributed by atoms with E-state index in [2.05, 4.69) is 0 Å². The molecule has 2 aliphatic rings. The lowest BCUT2D eigenvalue weighted by Crippen LogP contribution is -2.67. The second-order valence-corrected chi connectivity index (χ2v) is 8.67. The van der Waals surface area contributed by atoms with Crippen LogP contribution in [0.15, 0.2) is 72.3 Å². The molecular weight excluding hydrogens is 436 g/mol. The predicted octanol–water partition coefficient (Wildman–Crippen LogP) is 3.65. The van der Waals surface area contributed by atoms with Gasteiger partial charge in [-0.1, -0.05) is 66.7 Å². The van der Waals surface area contributed by atoms with Crippen molar-refractivity contribution in [3.63, 3.8) is 0 Å². The van der Waals surface area contributed by atoms with Crippen molar-refractivity contribution in [2.24, 2.45) is 5.41 Å². The van der Waals surface area contributed by atoms with Crippen LogP contribution in [0.5, 0.6) is 0 Å². The highest BCUT2D eigenvalue weighted by atomic mass is 32.1. The average Bonchev–Trinajstić information content (AvgIpc) is 2.85. The van der Waals surface area contributed by atoms with Gasteiger partial charge in [0.15, 0.2) is 5.11 Å². The fraction of sp³-hybridized carbons (Fsp3) is 0.308. The fourth-order valence-electron chi connectivity index (χ4n) is 5.17. The second kappa shape index (κ2) is 8.90. The average molecular weight is 463 g/mol. The second-order valence-electron chi connectivity index (χ2n) is 8.30. The number of esters is 1. The summed E-state index contributed by atoms with van der Waals surface area (Å²) in [6.45, 7) is 1.93. The first-order valence-electron chi connectivity index (χ1n) is 10.9. The Hall–Kier alpha value is -3.32. The minimum Gasteiger partial charge on any atom is -0.463 e. The number of ether oxygens (including phenoxy) is 1. The first kappa shape index (κ1) is 22.9. The summed E-state index contributed by atoms with van der Waals surface area (Å²) >= 11 is 5.40. The smallest absolute Gasteiger partial charge is 0.334 e. The Bertz CT molecular complexity index is 1110. The van der Waals surface area contributed by atoms with Gasteiger partial charge in [-0.3, -0.25) is 19.4 Å². The Kier molecular flexibility index (Phi) is 6.17. The van der Waals surface area contributed by atoms with Gasteiger partial charge in [0.2, 0.25) is 11.8 Å². The summed E-state index contributed by atoms with van der Waals surface area (Å²) in [5.41, 5.74) is 0.292. The molecule has 0 aromatic heterocycles. The first-order chi connectivity index (χ1) is 15.9. The van der Waals surface area contributed by atoms with Crippen molar-refractivity contribution < 1.29 is 19.1 Å². The highest BCUT2D eigenvalue weighted by molar-refractivity contribution is 7.80. The molecule has 1 fully saturated rings. The van der Waals surface area contributed by atoms with E-state index < -0.39 is 35.0 Å². The maximum atomic E-state index is 14.2. The summed E-state index contributed by atoms with van der Waals surface area (Å²) in [6, 6.07) is 18.8. The summed E-state index contributed by atoms with van der Waals surface area (Å²) in [7, 11) is 3.17. The number of carbonyl (C=O) groups is 3. The highest BCUT2D eigenvalue weighted by Crippen LogP contribution is 2.58. The van der Waals surface area contributed by atoms with Gasteiger partial charge < -0.3 is 4.74 Å². The Morgan fingerprint density at radius 1 is 0.970 bits per heavy atom. The SMILES string of the molecule is CCOC(=O)C1=CC[C@@H](c2ccccc2)C2(C(=O)N(C)C(=S)N(C)C2=O)[C@H]1c1ccccc1. The highest BCUT2D eigenvalue weighted by Gasteiger charge is 2.65. The van der Waals surface area contributed by atoms with Crippen LogP contribution in [0.1, 0.15) is 36.3 Å². The van der Waals surface area contributed by atoms with Gasteiger partial charge in [0.1, 0.15) is 5.41 Å². The third-order valence-electron chi connectivity index (χ3n) is 6.63. The van der Waals surface area contributed by atoms with E-state index in [0.717, 1.165) is 5.56 Å². The van der Waals surface area contributed by atoms with E-state index in [1.165, 1.54) is 9.80 Å². The molecule has 2 amide bonds. The molecule has 6 nitrogen and oxygen atoms in total. The molecule has 1 saturated heterocycles. The molecule has 1 aliphatic heterocycles. The molecule has 0 saturated carbocycles. The van der Waals surface area contributed by atoms with Crippen molar-refractivity contribution in [3.05, 3.63) is 83.4 Å². The minimum absolute atomic E-state index is 0.140. The van der Waals surface area contributed by atoms with E-state index in [0.29, 0.717) is 17.6 Å². The standard InChI is InChI=1S/C26H26N2O4S/c1-4-32-22(29)19-15-16-20(17-11-7-5-8-12-17)26(21(19)18-13-9-6-10-14-18)23(30)27(2)25(33)28(3)24(26)31/h5-15,20-21H,4,16H2,1-3H3/t20-,21-/m0/s1. The van der Waals surface area contributed by atoms with Crippen LogP contribution in [-0.2, 0) is 19.1 Å². The number of amides is 2. The largest absolute Gasteiger partial charge is 0.463 e. The van der Waals surface area contributed by atoms with Crippen LogP contribution in [0.2, 0.25) is 0 Å². The Labute approximate surface area is 198 Å². The number of hydrogen-bond donors (Lipinski definition) is 0. The normalized spacial score (nSPS) is 22.4. The summed E-state index contributed by atoms with van der Waals surface area (Å²) in [4.78, 5) is 44.2. The van der Waals surface area contributed by atoms with Crippen LogP contribution in [-0.4, -0.2) is 53.4 Å². The molecule has 1 spiro atoms. The molecule has 1 heterocycles. The lowest BCUT2D eigenvalue weighted by molar-refractivity contribution is -0.159. The number of carbonyl (C=O) groups excluding carboxylic acids is 3. The minimum atomic E-state index is -1.59. The van der Waals surface area contributed by atoms with Crippen molar-refractivity contribution in [3.8, 4) is 0 Å². The molecule has 33 heavy (non-hydrogen) atoms. The van der Waals surface area contributed by atoms with Crippen LogP contribution in [0.3, 0.4) is 0 Å². The van der Waals surface area contributed by atoms with Crippen molar-refractivity contribution in [1.29, 1.82) is 0 Å². The maximum absolute atomic E-state index is 14.2. The summed E-state index contributed by atoms with van der Waals surface area (Å²) < 4.78 is 5.37. The topological polar surface area (TPSA) is 66.9 Å². The Morgan fingerprint density at radius 3 is 2.00 bits per heavy atom. The van der Waals surface area contributed by atoms with Gasteiger partial charge in [0, 0.05) is 31.5 Å². The Balaban J connectivity index is 2.06. The van der Waals surface area contributed by atoms with E-state index in [1.807, 2.05) is 66.7 Å². The van der Waals surface area contributed by atoms with Gasteiger partial charge in [-0.2, -0.15) is 0 Å². The van der Waals surface area contributed by atoms with Crippen molar-refractivity contribution >= 4 is 35.1 Å². The number of thiocarbonyl (C=S) groups is 1. The Morgan fingerprint density at radius 2 is 1.48 bits per heavy atom.